The predicted molar refractivity (Wildman–Crippen MR) is 64.4 cm³/mol. The van der Waals surface area contributed by atoms with Crippen LogP contribution in [0.3, 0.4) is 0 Å². The number of rotatable bonds is 5. The van der Waals surface area contributed by atoms with Crippen molar-refractivity contribution in [1.82, 2.24) is 15.5 Å². The van der Waals surface area contributed by atoms with Crippen LogP contribution in [-0.2, 0) is 11.3 Å². The Kier molecular flexibility index (Phi) is 4.26. The number of nitrogens with one attached hydrogen (secondary N) is 1. The molecule has 4 nitrogen and oxygen atoms in total. The van der Waals surface area contributed by atoms with Gasteiger partial charge in [-0.15, -0.1) is 10.2 Å². The summed E-state index contributed by atoms with van der Waals surface area (Å²) in [4.78, 5) is 0. The zero-order valence-electron chi connectivity index (χ0n) is 9.90. The molecule has 5 heteroatoms. The minimum Gasteiger partial charge on any atom is -0.371 e. The largest absolute Gasteiger partial charge is 0.371 e. The highest BCUT2D eigenvalue weighted by Gasteiger charge is 2.28. The lowest BCUT2D eigenvalue weighted by Crippen LogP contribution is -2.13. The zero-order chi connectivity index (χ0) is 11.4. The van der Waals surface area contributed by atoms with Crippen LogP contribution in [0.15, 0.2) is 0 Å². The van der Waals surface area contributed by atoms with Crippen LogP contribution in [-0.4, -0.2) is 23.3 Å². The predicted octanol–water partition coefficient (Wildman–Crippen LogP) is 2.14. The molecule has 2 unspecified atom stereocenters. The molecule has 0 aromatic carbocycles. The Morgan fingerprint density at radius 2 is 2.38 bits per heavy atom. The van der Waals surface area contributed by atoms with Crippen LogP contribution >= 0.6 is 11.3 Å². The maximum absolute atomic E-state index is 5.68. The number of aromatic nitrogens is 2. The van der Waals surface area contributed by atoms with Crippen molar-refractivity contribution in [1.29, 1.82) is 0 Å². The molecule has 16 heavy (non-hydrogen) atoms. The van der Waals surface area contributed by atoms with E-state index in [1.165, 1.54) is 0 Å². The maximum Gasteiger partial charge on any atom is 0.146 e. The smallest absolute Gasteiger partial charge is 0.146 e. The fraction of sp³-hybridized carbons (Fsp3) is 0.818. The van der Waals surface area contributed by atoms with E-state index in [-0.39, 0.29) is 6.10 Å². The maximum atomic E-state index is 5.68. The molecule has 90 valence electrons. The van der Waals surface area contributed by atoms with E-state index in [1.807, 2.05) is 0 Å². The van der Waals surface area contributed by atoms with E-state index in [4.69, 9.17) is 4.74 Å². The lowest BCUT2D eigenvalue weighted by Gasteiger charge is -2.09. The Balaban J connectivity index is 1.91. The molecule has 1 aromatic rings. The number of hydrogen-bond acceptors (Lipinski definition) is 5. The highest BCUT2D eigenvalue weighted by molar-refractivity contribution is 7.11. The standard InChI is InChI=1S/C11H19N3OS/c1-3-5-12-7-9-13-14-11(16-9)10-8(2)4-6-15-10/h8,10,12H,3-7H2,1-2H3. The van der Waals surface area contributed by atoms with Crippen LogP contribution in [0.1, 0.15) is 42.8 Å². The quantitative estimate of drug-likeness (QED) is 0.802. The van der Waals surface area contributed by atoms with Gasteiger partial charge in [0.1, 0.15) is 16.1 Å². The topological polar surface area (TPSA) is 47.0 Å². The molecule has 2 atom stereocenters. The molecule has 0 aliphatic carbocycles. The summed E-state index contributed by atoms with van der Waals surface area (Å²) in [5, 5.41) is 13.9. The first-order valence-corrected chi connectivity index (χ1v) is 6.77. The Morgan fingerprint density at radius 1 is 1.50 bits per heavy atom. The van der Waals surface area contributed by atoms with Gasteiger partial charge >= 0.3 is 0 Å². The Hall–Kier alpha value is -0.520. The molecule has 2 heterocycles. The third-order valence-corrected chi connectivity index (χ3v) is 3.80. The summed E-state index contributed by atoms with van der Waals surface area (Å²) in [5.41, 5.74) is 0. The highest BCUT2D eigenvalue weighted by atomic mass is 32.1. The summed E-state index contributed by atoms with van der Waals surface area (Å²) in [6.45, 7) is 7.09. The van der Waals surface area contributed by atoms with Gasteiger partial charge in [-0.05, 0) is 25.3 Å². The molecule has 0 saturated carbocycles. The van der Waals surface area contributed by atoms with Gasteiger partial charge in [-0.2, -0.15) is 0 Å². The van der Waals surface area contributed by atoms with E-state index in [1.54, 1.807) is 11.3 Å². The second-order valence-corrected chi connectivity index (χ2v) is 5.36. The summed E-state index contributed by atoms with van der Waals surface area (Å²) >= 11 is 1.67. The average Bonchev–Trinajstić information content (AvgIpc) is 2.87. The Labute approximate surface area is 100 Å². The third kappa shape index (κ3) is 2.78. The highest BCUT2D eigenvalue weighted by Crippen LogP contribution is 2.35. The Bertz CT molecular complexity index is 329. The van der Waals surface area contributed by atoms with Gasteiger partial charge in [-0.3, -0.25) is 0 Å². The van der Waals surface area contributed by atoms with Gasteiger partial charge in [0, 0.05) is 13.2 Å². The molecule has 0 radical (unpaired) electrons. The van der Waals surface area contributed by atoms with Crippen molar-refractivity contribution in [2.75, 3.05) is 13.2 Å². The van der Waals surface area contributed by atoms with E-state index in [0.29, 0.717) is 5.92 Å². The molecule has 0 bridgehead atoms. The van der Waals surface area contributed by atoms with Crippen LogP contribution in [0.5, 0.6) is 0 Å². The van der Waals surface area contributed by atoms with Crippen molar-refractivity contribution >= 4 is 11.3 Å². The fourth-order valence-corrected chi connectivity index (χ4v) is 2.83. The van der Waals surface area contributed by atoms with Gasteiger partial charge in [0.05, 0.1) is 0 Å². The molecule has 1 aliphatic rings. The van der Waals surface area contributed by atoms with E-state index in [9.17, 15) is 0 Å². The summed E-state index contributed by atoms with van der Waals surface area (Å²) in [6, 6.07) is 0. The van der Waals surface area contributed by atoms with E-state index >= 15 is 0 Å². The normalized spacial score (nSPS) is 25.1. The molecule has 1 aromatic heterocycles. The first-order valence-electron chi connectivity index (χ1n) is 5.96. The first kappa shape index (κ1) is 12.0. The number of nitrogens with zero attached hydrogens (tertiary/aromatic N) is 2. The monoisotopic (exact) mass is 241 g/mol. The van der Waals surface area contributed by atoms with Crippen LogP contribution in [0, 0.1) is 5.92 Å². The second kappa shape index (κ2) is 5.70. The van der Waals surface area contributed by atoms with E-state index in [2.05, 4.69) is 29.4 Å². The minimum absolute atomic E-state index is 0.178. The Morgan fingerprint density at radius 3 is 3.06 bits per heavy atom. The van der Waals surface area contributed by atoms with Gasteiger partial charge in [0.25, 0.3) is 0 Å². The van der Waals surface area contributed by atoms with Crippen molar-refractivity contribution in [2.24, 2.45) is 5.92 Å². The van der Waals surface area contributed by atoms with Crippen molar-refractivity contribution in [2.45, 2.75) is 39.3 Å². The lowest BCUT2D eigenvalue weighted by molar-refractivity contribution is 0.0937. The van der Waals surface area contributed by atoms with E-state index < -0.39 is 0 Å². The summed E-state index contributed by atoms with van der Waals surface area (Å²) < 4.78 is 5.68. The second-order valence-electron chi connectivity index (χ2n) is 4.27. The molecule has 1 aliphatic heterocycles. The van der Waals surface area contributed by atoms with Gasteiger partial charge in [0.2, 0.25) is 0 Å². The van der Waals surface area contributed by atoms with Gasteiger partial charge in [-0.25, -0.2) is 0 Å². The van der Waals surface area contributed by atoms with Crippen LogP contribution in [0.2, 0.25) is 0 Å². The van der Waals surface area contributed by atoms with Gasteiger partial charge in [-0.1, -0.05) is 25.2 Å². The molecule has 0 amide bonds. The lowest BCUT2D eigenvalue weighted by atomic mass is 10.1. The molecular weight excluding hydrogens is 222 g/mol. The van der Waals surface area contributed by atoms with Crippen molar-refractivity contribution < 1.29 is 4.74 Å². The SMILES string of the molecule is CCCNCc1nnc(C2OCCC2C)s1. The molecule has 1 fully saturated rings. The van der Waals surface area contributed by atoms with Crippen LogP contribution in [0.25, 0.3) is 0 Å². The fourth-order valence-electron chi connectivity index (χ4n) is 1.84. The van der Waals surface area contributed by atoms with Crippen LogP contribution < -0.4 is 5.32 Å². The third-order valence-electron chi connectivity index (χ3n) is 2.82. The van der Waals surface area contributed by atoms with Crippen LogP contribution in [0.4, 0.5) is 0 Å². The van der Waals surface area contributed by atoms with Gasteiger partial charge < -0.3 is 10.1 Å². The molecular formula is C11H19N3OS. The summed E-state index contributed by atoms with van der Waals surface area (Å²) in [6.07, 6.45) is 2.46. The molecule has 0 spiro atoms. The number of ether oxygens (including phenoxy) is 1. The van der Waals surface area contributed by atoms with Crippen molar-refractivity contribution in [3.05, 3.63) is 10.0 Å². The number of hydrogen-bond donors (Lipinski definition) is 1. The molecule has 1 N–H and O–H groups in total. The van der Waals surface area contributed by atoms with Crippen molar-refractivity contribution in [3.63, 3.8) is 0 Å². The van der Waals surface area contributed by atoms with Gasteiger partial charge in [0.15, 0.2) is 0 Å². The molecule has 1 saturated heterocycles. The summed E-state index contributed by atoms with van der Waals surface area (Å²) in [7, 11) is 0. The average molecular weight is 241 g/mol. The first-order chi connectivity index (χ1) is 7.81. The van der Waals surface area contributed by atoms with Crippen molar-refractivity contribution in [3.8, 4) is 0 Å². The summed E-state index contributed by atoms with van der Waals surface area (Å²) in [5.74, 6) is 0.574. The zero-order valence-corrected chi connectivity index (χ0v) is 10.7. The minimum atomic E-state index is 0.178. The van der Waals surface area contributed by atoms with E-state index in [0.717, 1.165) is 42.6 Å². The molecule has 2 rings (SSSR count).